The molecule has 2 aliphatic heterocycles. The highest BCUT2D eigenvalue weighted by Crippen LogP contribution is 2.39. The zero-order chi connectivity index (χ0) is 72.3. The molecule has 0 aliphatic carbocycles. The van der Waals surface area contributed by atoms with E-state index in [-0.39, 0.29) is 62.2 Å². The average Bonchev–Trinajstić information content (AvgIpc) is 0.801. The molecule has 6 aromatic carbocycles. The van der Waals surface area contributed by atoms with Crippen molar-refractivity contribution < 1.29 is 65.5 Å². The van der Waals surface area contributed by atoms with E-state index in [0.29, 0.717) is 115 Å². The van der Waals surface area contributed by atoms with Crippen molar-refractivity contribution in [2.45, 2.75) is 51.6 Å². The fourth-order valence-electron chi connectivity index (χ4n) is 12.3. The number of hydrogen-bond donors (Lipinski definition) is 8. The first kappa shape index (κ1) is 75.0. The predicted molar refractivity (Wildman–Crippen MR) is 392 cm³/mol. The fourth-order valence-corrected chi connectivity index (χ4v) is 12.9. The summed E-state index contributed by atoms with van der Waals surface area (Å²) in [6.45, 7) is 5.77. The first-order valence-electron chi connectivity index (χ1n) is 33.6. The smallest absolute Gasteiger partial charge is 0.243 e. The van der Waals surface area contributed by atoms with Crippen LogP contribution in [0, 0.1) is 23.5 Å². The van der Waals surface area contributed by atoms with Crippen molar-refractivity contribution in [2.75, 3.05) is 135 Å². The Morgan fingerprint density at radius 2 is 0.863 bits per heavy atom. The van der Waals surface area contributed by atoms with Crippen molar-refractivity contribution in [3.8, 4) is 23.0 Å². The number of nitrogens with zero attached hydrogens (tertiary/aromatic N) is 7. The predicted octanol–water partition coefficient (Wildman–Crippen LogP) is 9.51. The van der Waals surface area contributed by atoms with E-state index in [0.717, 1.165) is 85.0 Å². The summed E-state index contributed by atoms with van der Waals surface area (Å²) < 4.78 is 56.3. The maximum absolute atomic E-state index is 14.6. The van der Waals surface area contributed by atoms with Gasteiger partial charge in [-0.1, -0.05) is 56.1 Å². The Bertz CT molecular complexity index is 4030. The molecule has 538 valence electrons. The minimum absolute atomic E-state index is 0.0499. The van der Waals surface area contributed by atoms with E-state index in [4.69, 9.17) is 18.9 Å². The fraction of sp³-hybridized carbons (Fsp3) is 0.370. The number of rotatable bonds is 32. The van der Waals surface area contributed by atoms with Crippen LogP contribution in [0.4, 0.5) is 43.2 Å². The summed E-state index contributed by atoms with van der Waals surface area (Å²) in [7, 11) is 9.36. The SMILES string of the molecule is COc1cc2c(Nc3ccc(Br)cc3F)ncnc2cc1OCC1CC[N+](C)(Cc2ccc(NC(=O)CNC(=O)CNC(=O)CCN(C)CCC(=O)NCC(=O)NCC(=O)Nc3ccc(C[N+]4(C)CCC(COc5cc6ncnc(Nc7ccc(Br)cc7F)c6cc5OC)CC4)cc3)cc2)CC1. The molecular formula is C73H85Br2F2N15O10+2. The Morgan fingerprint density at radius 3 is 1.24 bits per heavy atom. The molecule has 2 aromatic heterocycles. The summed E-state index contributed by atoms with van der Waals surface area (Å²) in [5.41, 5.74) is 5.21. The molecule has 2 fully saturated rings. The lowest BCUT2D eigenvalue weighted by Crippen LogP contribution is -2.49. The van der Waals surface area contributed by atoms with Gasteiger partial charge in [-0.2, -0.15) is 0 Å². The molecule has 6 amide bonds. The third-order valence-corrected chi connectivity index (χ3v) is 19.3. The number of methoxy groups -OCH3 is 2. The van der Waals surface area contributed by atoms with Crippen molar-refractivity contribution >= 4 is 123 Å². The molecule has 0 unspecified atom stereocenters. The van der Waals surface area contributed by atoms with Crippen LogP contribution in [0.1, 0.15) is 49.7 Å². The minimum Gasteiger partial charge on any atom is -0.493 e. The van der Waals surface area contributed by atoms with Gasteiger partial charge in [-0.15, -0.1) is 0 Å². The van der Waals surface area contributed by atoms with Crippen LogP contribution in [0.5, 0.6) is 23.0 Å². The summed E-state index contributed by atoms with van der Waals surface area (Å²) in [6.07, 6.45) is 6.78. The monoisotopic (exact) mass is 1530 g/mol. The number of aromatic nitrogens is 4. The van der Waals surface area contributed by atoms with Gasteiger partial charge in [-0.05, 0) is 79.8 Å². The zero-order valence-electron chi connectivity index (χ0n) is 57.6. The molecule has 4 heterocycles. The van der Waals surface area contributed by atoms with E-state index < -0.39 is 35.3 Å². The van der Waals surface area contributed by atoms with E-state index in [1.54, 1.807) is 62.6 Å². The van der Waals surface area contributed by atoms with Crippen LogP contribution in [0.3, 0.4) is 0 Å². The van der Waals surface area contributed by atoms with Crippen LogP contribution >= 0.6 is 31.9 Å². The van der Waals surface area contributed by atoms with Crippen molar-refractivity contribution in [2.24, 2.45) is 11.8 Å². The van der Waals surface area contributed by atoms with Crippen molar-refractivity contribution in [1.29, 1.82) is 0 Å². The average molecular weight is 1530 g/mol. The third-order valence-electron chi connectivity index (χ3n) is 18.3. The number of carbonyl (C=O) groups excluding carboxylic acids is 6. The molecule has 0 radical (unpaired) electrons. The standard InChI is InChI=1S/C73H83Br2F2N15O10/c1-90(24-18-66(93)78-36-68(95)80-38-70(97)86-52-12-6-46(7-13-52)40-91(2)26-20-48(21-27-91)42-101-64-34-60-54(32-62(64)99-4)72(84-44-82-60)88-58-16-10-50(74)30-56(58)76)25-19-67(94)79-37-69(96)81-39-71(98)87-53-14-8-47(9-15-53)41-92(3)28-22-49(23-29-92)43-102-65-35-61-55(33-63(65)100-5)73(85-45-83-61)89-59-17-11-51(75)31-57(59)77/h6-17,30-35,44-45,48-49H,18-29,36-43H2,1-5H3,(H6-2,78,79,80,81,82,83,84,85,86,87,88,89,93,94,95,96,97,98)/p+2. The van der Waals surface area contributed by atoms with Gasteiger partial charge in [-0.25, -0.2) is 28.7 Å². The van der Waals surface area contributed by atoms with Crippen molar-refractivity contribution in [1.82, 2.24) is 46.1 Å². The number of fused-ring (bicyclic) bond motifs is 2. The van der Waals surface area contributed by atoms with Gasteiger partial charge in [0.1, 0.15) is 49.0 Å². The van der Waals surface area contributed by atoms with E-state index in [1.807, 2.05) is 60.7 Å². The van der Waals surface area contributed by atoms with E-state index in [2.05, 4.69) is 108 Å². The second-order valence-corrected chi connectivity index (χ2v) is 28.2. The van der Waals surface area contributed by atoms with E-state index in [9.17, 15) is 37.5 Å². The summed E-state index contributed by atoms with van der Waals surface area (Å²) in [6, 6.07) is 32.0. The number of ether oxygens (including phenoxy) is 4. The minimum atomic E-state index is -0.535. The quantitative estimate of drug-likeness (QED) is 0.0182. The normalized spacial score (nSPS) is 17.2. The largest absolute Gasteiger partial charge is 0.493 e. The molecule has 8 aromatic rings. The molecule has 10 rings (SSSR count). The van der Waals surface area contributed by atoms with E-state index >= 15 is 0 Å². The summed E-state index contributed by atoms with van der Waals surface area (Å²) in [4.78, 5) is 95.1. The lowest BCUT2D eigenvalue weighted by atomic mass is 9.95. The number of likely N-dealkylation sites (tertiary alicyclic amines) is 2. The zero-order valence-corrected chi connectivity index (χ0v) is 60.7. The lowest BCUT2D eigenvalue weighted by Gasteiger charge is -2.40. The Kier molecular flexibility index (Phi) is 25.9. The first-order valence-corrected chi connectivity index (χ1v) is 35.2. The molecule has 2 aliphatic rings. The van der Waals surface area contributed by atoms with Gasteiger partial charge < -0.3 is 75.3 Å². The van der Waals surface area contributed by atoms with Crippen LogP contribution in [0.15, 0.2) is 131 Å². The number of halogens is 4. The molecule has 102 heavy (non-hydrogen) atoms. The van der Waals surface area contributed by atoms with Gasteiger partial charge in [0.15, 0.2) is 23.0 Å². The molecular weight excluding hydrogens is 1440 g/mol. The highest BCUT2D eigenvalue weighted by atomic mass is 79.9. The van der Waals surface area contributed by atoms with Crippen molar-refractivity contribution in [3.05, 3.63) is 154 Å². The van der Waals surface area contributed by atoms with Crippen LogP contribution in [0.2, 0.25) is 0 Å². The van der Waals surface area contributed by atoms with Gasteiger partial charge in [0, 0.05) is 118 Å². The van der Waals surface area contributed by atoms with Crippen LogP contribution in [-0.4, -0.2) is 183 Å². The number of benzene rings is 6. The highest BCUT2D eigenvalue weighted by Gasteiger charge is 2.33. The number of quaternary nitrogens is 2. The molecule has 0 bridgehead atoms. The Balaban J connectivity index is 0.536. The Hall–Kier alpha value is -9.68. The molecule has 0 saturated carbocycles. The lowest BCUT2D eigenvalue weighted by molar-refractivity contribution is -0.928. The maximum atomic E-state index is 14.6. The number of amides is 6. The van der Waals surface area contributed by atoms with Gasteiger partial charge in [0.2, 0.25) is 35.4 Å². The summed E-state index contributed by atoms with van der Waals surface area (Å²) >= 11 is 6.58. The number of nitrogens with one attached hydrogen (secondary N) is 8. The maximum Gasteiger partial charge on any atom is 0.243 e. The Morgan fingerprint density at radius 1 is 0.490 bits per heavy atom. The Labute approximate surface area is 607 Å². The molecule has 8 N–H and O–H groups in total. The molecule has 0 spiro atoms. The van der Waals surface area contributed by atoms with Crippen LogP contribution < -0.4 is 61.5 Å². The second kappa shape index (κ2) is 35.3. The van der Waals surface area contributed by atoms with Gasteiger partial charge in [0.25, 0.3) is 0 Å². The molecule has 29 heteroatoms. The van der Waals surface area contributed by atoms with E-state index in [1.165, 1.54) is 24.8 Å². The van der Waals surface area contributed by atoms with Gasteiger partial charge in [-0.3, -0.25) is 28.8 Å². The second-order valence-electron chi connectivity index (χ2n) is 26.3. The number of anilines is 6. The topological polar surface area (TPSA) is 290 Å². The van der Waals surface area contributed by atoms with Gasteiger partial charge in [0.05, 0.1) is 116 Å². The first-order chi connectivity index (χ1) is 49.0. The number of carbonyl (C=O) groups is 6. The van der Waals surface area contributed by atoms with Crippen molar-refractivity contribution in [3.63, 3.8) is 0 Å². The third kappa shape index (κ3) is 21.7. The number of hydrogen-bond acceptors (Lipinski definition) is 17. The summed E-state index contributed by atoms with van der Waals surface area (Å²) in [5.74, 6) is 0.168. The molecule has 2 saturated heterocycles. The summed E-state index contributed by atoms with van der Waals surface area (Å²) in [5, 5.41) is 23.2. The van der Waals surface area contributed by atoms with Crippen LogP contribution in [-0.2, 0) is 41.9 Å². The highest BCUT2D eigenvalue weighted by molar-refractivity contribution is 9.10. The molecule has 0 atom stereocenters. The van der Waals surface area contributed by atoms with Crippen LogP contribution in [0.25, 0.3) is 21.8 Å². The molecule has 25 nitrogen and oxygen atoms in total. The number of piperidine rings is 2. The van der Waals surface area contributed by atoms with Gasteiger partial charge >= 0.3 is 0 Å².